The second-order valence-electron chi connectivity index (χ2n) is 11.5. The summed E-state index contributed by atoms with van der Waals surface area (Å²) in [6.07, 6.45) is -3.16. The lowest BCUT2D eigenvalue weighted by molar-refractivity contribution is -0.192. The molecule has 0 saturated carbocycles. The molecule has 4 unspecified atom stereocenters. The van der Waals surface area contributed by atoms with Crippen LogP contribution in [0.15, 0.2) is 65.8 Å². The number of aromatic amines is 1. The van der Waals surface area contributed by atoms with Crippen LogP contribution in [0.4, 0.5) is 13.2 Å². The van der Waals surface area contributed by atoms with Crippen molar-refractivity contribution in [1.82, 2.24) is 26.3 Å². The first-order chi connectivity index (χ1) is 25.5. The Balaban J connectivity index is 0.00000131. The number of hydrogen-bond donors (Lipinski definition) is 11. The summed E-state index contributed by atoms with van der Waals surface area (Å²) >= 11 is 0. The molecule has 14 N–H and O–H groups in total. The molecular formula is C33H42F3N9O9. The number of para-hydroxylation sites is 1. The number of amides is 4. The van der Waals surface area contributed by atoms with Gasteiger partial charge < -0.3 is 58.8 Å². The van der Waals surface area contributed by atoms with Crippen LogP contribution in [0.3, 0.4) is 0 Å². The van der Waals surface area contributed by atoms with E-state index in [2.05, 4.69) is 31.2 Å². The molecular weight excluding hydrogens is 723 g/mol. The molecule has 294 valence electrons. The summed E-state index contributed by atoms with van der Waals surface area (Å²) in [7, 11) is 0. The predicted octanol–water partition coefficient (Wildman–Crippen LogP) is -1.39. The smallest absolute Gasteiger partial charge is 0.480 e. The maximum Gasteiger partial charge on any atom is 0.490 e. The van der Waals surface area contributed by atoms with Crippen molar-refractivity contribution in [2.75, 3.05) is 19.7 Å². The van der Waals surface area contributed by atoms with Gasteiger partial charge in [-0.25, -0.2) is 9.59 Å². The molecule has 1 aromatic heterocycles. The molecule has 21 heteroatoms. The molecule has 0 fully saturated rings. The lowest BCUT2D eigenvalue weighted by Gasteiger charge is -2.26. The molecule has 54 heavy (non-hydrogen) atoms. The number of guanidine groups is 1. The molecule has 3 aromatic rings. The van der Waals surface area contributed by atoms with Crippen molar-refractivity contribution in [3.63, 3.8) is 0 Å². The zero-order valence-electron chi connectivity index (χ0n) is 28.6. The monoisotopic (exact) mass is 765 g/mol. The molecule has 2 aromatic carbocycles. The second kappa shape index (κ2) is 21.3. The van der Waals surface area contributed by atoms with Gasteiger partial charge in [-0.15, -0.1) is 0 Å². The summed E-state index contributed by atoms with van der Waals surface area (Å²) in [5, 5.41) is 37.5. The number of aliphatic carboxylic acids is 2. The molecule has 4 atom stereocenters. The van der Waals surface area contributed by atoms with Crippen molar-refractivity contribution >= 4 is 52.4 Å². The molecule has 0 aliphatic heterocycles. The van der Waals surface area contributed by atoms with Crippen LogP contribution in [-0.2, 0) is 41.6 Å². The second-order valence-corrected chi connectivity index (χ2v) is 11.5. The fraction of sp³-hybridized carbons (Fsp3) is 0.364. The summed E-state index contributed by atoms with van der Waals surface area (Å²) in [4.78, 5) is 80.2. The molecule has 0 radical (unpaired) electrons. The average Bonchev–Trinajstić information content (AvgIpc) is 3.53. The van der Waals surface area contributed by atoms with E-state index < -0.39 is 79.1 Å². The van der Waals surface area contributed by atoms with Gasteiger partial charge in [0.05, 0.1) is 13.2 Å². The quantitative estimate of drug-likeness (QED) is 0.0406. The van der Waals surface area contributed by atoms with E-state index in [1.54, 1.807) is 36.5 Å². The SMILES string of the molecule is NCC(=O)NC(CO)C(=O)NC(Cc1c[nH]c2ccccc12)C(=O)NC(Cc1ccccc1)C(=O)NC(CCCN=C(N)N)C(=O)O.O=C(O)C(F)(F)F. The van der Waals surface area contributed by atoms with Gasteiger partial charge in [-0.05, 0) is 30.0 Å². The van der Waals surface area contributed by atoms with Gasteiger partial charge in [-0.1, -0.05) is 48.5 Å². The molecule has 0 saturated heterocycles. The van der Waals surface area contributed by atoms with Gasteiger partial charge in [0.2, 0.25) is 23.6 Å². The largest absolute Gasteiger partial charge is 0.490 e. The number of aliphatic hydroxyl groups excluding tert-OH is 1. The maximum atomic E-state index is 13.9. The first-order valence-corrected chi connectivity index (χ1v) is 16.1. The van der Waals surface area contributed by atoms with Crippen LogP contribution in [0, 0.1) is 0 Å². The number of nitrogens with two attached hydrogens (primary N) is 3. The summed E-state index contributed by atoms with van der Waals surface area (Å²) < 4.78 is 31.7. The van der Waals surface area contributed by atoms with Gasteiger partial charge in [0, 0.05) is 36.5 Å². The van der Waals surface area contributed by atoms with Crippen molar-refractivity contribution < 1.29 is 57.3 Å². The van der Waals surface area contributed by atoms with Crippen LogP contribution in [-0.4, -0.2) is 112 Å². The topological polar surface area (TPSA) is 317 Å². The number of carbonyl (C=O) groups excluding carboxylic acids is 4. The summed E-state index contributed by atoms with van der Waals surface area (Å²) in [5.41, 5.74) is 18.1. The molecule has 1 heterocycles. The highest BCUT2D eigenvalue weighted by molar-refractivity contribution is 5.96. The standard InChI is InChI=1S/C31H41N9O7.C2HF3O2/c32-15-26(42)37-25(17-41)29(45)40-24(14-19-16-36-21-10-5-4-9-20(19)21)28(44)39-23(13-18-7-2-1-3-8-18)27(43)38-22(30(46)47)11-6-12-35-31(33)34;3-2(4,5)1(6)7/h1-5,7-10,16,22-25,36,41H,6,11-15,17,32H2,(H,37,42)(H,38,43)(H,39,44)(H,40,45)(H,46,47)(H4,33,34,35);(H,6,7). The molecule has 4 amide bonds. The Bertz CT molecular complexity index is 1770. The molecule has 0 spiro atoms. The van der Waals surface area contributed by atoms with E-state index in [-0.39, 0.29) is 38.2 Å². The first kappa shape index (κ1) is 43.9. The third-order valence-corrected chi connectivity index (χ3v) is 7.47. The average molecular weight is 766 g/mol. The van der Waals surface area contributed by atoms with E-state index in [4.69, 9.17) is 27.1 Å². The van der Waals surface area contributed by atoms with Crippen LogP contribution < -0.4 is 38.5 Å². The number of fused-ring (bicyclic) bond motifs is 1. The van der Waals surface area contributed by atoms with Crippen LogP contribution >= 0.6 is 0 Å². The number of halogens is 3. The Kier molecular flexibility index (Phi) is 17.4. The number of carboxylic acids is 2. The molecule has 3 rings (SSSR count). The van der Waals surface area contributed by atoms with Crippen LogP contribution in [0.5, 0.6) is 0 Å². The van der Waals surface area contributed by atoms with Crippen LogP contribution in [0.2, 0.25) is 0 Å². The zero-order valence-corrected chi connectivity index (χ0v) is 28.6. The van der Waals surface area contributed by atoms with E-state index in [9.17, 15) is 47.4 Å². The van der Waals surface area contributed by atoms with Crippen molar-refractivity contribution in [3.8, 4) is 0 Å². The number of H-pyrrole nitrogens is 1. The number of alkyl halides is 3. The van der Waals surface area contributed by atoms with Crippen molar-refractivity contribution in [3.05, 3.63) is 71.9 Å². The molecule has 18 nitrogen and oxygen atoms in total. The minimum atomic E-state index is -5.08. The number of aliphatic imine (C=N–C) groups is 1. The number of aromatic nitrogens is 1. The highest BCUT2D eigenvalue weighted by Gasteiger charge is 2.38. The number of aliphatic hydroxyl groups is 1. The Morgan fingerprint density at radius 2 is 1.31 bits per heavy atom. The van der Waals surface area contributed by atoms with Gasteiger partial charge >= 0.3 is 18.1 Å². The molecule has 0 aliphatic rings. The summed E-state index contributed by atoms with van der Waals surface area (Å²) in [5.74, 6) is -7.27. The highest BCUT2D eigenvalue weighted by Crippen LogP contribution is 2.19. The van der Waals surface area contributed by atoms with E-state index in [1.807, 2.05) is 24.3 Å². The Labute approximate surface area is 305 Å². The van der Waals surface area contributed by atoms with E-state index in [1.165, 1.54) is 0 Å². The number of benzene rings is 2. The predicted molar refractivity (Wildman–Crippen MR) is 187 cm³/mol. The normalized spacial score (nSPS) is 13.1. The number of carbonyl (C=O) groups is 6. The fourth-order valence-electron chi connectivity index (χ4n) is 4.81. The molecule has 0 aliphatic carbocycles. The van der Waals surface area contributed by atoms with Gasteiger partial charge in [0.25, 0.3) is 0 Å². The number of hydrogen-bond acceptors (Lipinski definition) is 9. The van der Waals surface area contributed by atoms with Gasteiger partial charge in [-0.2, -0.15) is 13.2 Å². The first-order valence-electron chi connectivity index (χ1n) is 16.1. The minimum absolute atomic E-state index is 0.00166. The van der Waals surface area contributed by atoms with Gasteiger partial charge in [0.15, 0.2) is 5.96 Å². The lowest BCUT2D eigenvalue weighted by atomic mass is 10.0. The number of carboxylic acid groups (broad SMARTS) is 2. The Hall–Kier alpha value is -6.22. The highest BCUT2D eigenvalue weighted by atomic mass is 19.4. The fourth-order valence-corrected chi connectivity index (χ4v) is 4.81. The van der Waals surface area contributed by atoms with Gasteiger partial charge in [0.1, 0.15) is 24.2 Å². The van der Waals surface area contributed by atoms with E-state index >= 15 is 0 Å². The minimum Gasteiger partial charge on any atom is -0.480 e. The van der Waals surface area contributed by atoms with Crippen molar-refractivity contribution in [2.45, 2.75) is 56.0 Å². The summed E-state index contributed by atoms with van der Waals surface area (Å²) in [6, 6.07) is 10.8. The van der Waals surface area contributed by atoms with Gasteiger partial charge in [-0.3, -0.25) is 24.2 Å². The Morgan fingerprint density at radius 1 is 0.778 bits per heavy atom. The third-order valence-electron chi connectivity index (χ3n) is 7.47. The van der Waals surface area contributed by atoms with Crippen molar-refractivity contribution in [2.24, 2.45) is 22.2 Å². The van der Waals surface area contributed by atoms with E-state index in [0.717, 1.165) is 10.9 Å². The van der Waals surface area contributed by atoms with E-state index in [0.29, 0.717) is 11.1 Å². The van der Waals surface area contributed by atoms with Crippen LogP contribution in [0.25, 0.3) is 10.9 Å². The lowest BCUT2D eigenvalue weighted by Crippen LogP contribution is -2.59. The van der Waals surface area contributed by atoms with Crippen LogP contribution in [0.1, 0.15) is 24.0 Å². The number of rotatable bonds is 18. The Morgan fingerprint density at radius 3 is 1.85 bits per heavy atom. The zero-order chi connectivity index (χ0) is 40.4. The number of nitrogens with zero attached hydrogens (tertiary/aromatic N) is 1. The summed E-state index contributed by atoms with van der Waals surface area (Å²) in [6.45, 7) is -1.04. The third kappa shape index (κ3) is 14.8. The maximum absolute atomic E-state index is 13.9. The molecule has 0 bridgehead atoms. The number of nitrogens with one attached hydrogen (secondary N) is 5. The van der Waals surface area contributed by atoms with Crippen molar-refractivity contribution in [1.29, 1.82) is 0 Å².